The van der Waals surface area contributed by atoms with Crippen molar-refractivity contribution in [3.8, 4) is 5.75 Å². The number of aromatic nitrogens is 2. The lowest BCUT2D eigenvalue weighted by Crippen LogP contribution is -2.39. The first kappa shape index (κ1) is 31.9. The molecule has 1 amide bonds. The summed E-state index contributed by atoms with van der Waals surface area (Å²) in [5.74, 6) is -0.106. The number of aliphatic carboxylic acids is 1. The number of pyridine rings is 1. The van der Waals surface area contributed by atoms with Gasteiger partial charge in [-0.1, -0.05) is 44.5 Å². The maximum absolute atomic E-state index is 13.2. The zero-order valence-electron chi connectivity index (χ0n) is 26.0. The van der Waals surface area contributed by atoms with E-state index in [-0.39, 0.29) is 16.7 Å². The van der Waals surface area contributed by atoms with Gasteiger partial charge in [-0.2, -0.15) is 0 Å². The molecule has 5 rings (SSSR count). The van der Waals surface area contributed by atoms with Gasteiger partial charge < -0.3 is 19.3 Å². The first-order chi connectivity index (χ1) is 20.8. The fourth-order valence-electron chi connectivity index (χ4n) is 5.62. The highest BCUT2D eigenvalue weighted by molar-refractivity contribution is 8.00. The Kier molecular flexibility index (Phi) is 9.33. The van der Waals surface area contributed by atoms with Crippen LogP contribution in [-0.2, 0) is 17.8 Å². The number of hydrogen-bond donors (Lipinski definition) is 1. The Morgan fingerprint density at radius 3 is 2.41 bits per heavy atom. The second-order valence-electron chi connectivity index (χ2n) is 13.1. The molecule has 1 unspecified atom stereocenters. The Bertz CT molecular complexity index is 1640. The van der Waals surface area contributed by atoms with Gasteiger partial charge in [-0.25, -0.2) is 0 Å². The van der Waals surface area contributed by atoms with E-state index in [0.717, 1.165) is 45.6 Å². The van der Waals surface area contributed by atoms with Crippen molar-refractivity contribution < 1.29 is 19.4 Å². The van der Waals surface area contributed by atoms with Crippen LogP contribution >= 0.6 is 23.4 Å². The molecule has 1 aliphatic rings. The molecule has 232 valence electrons. The van der Waals surface area contributed by atoms with Gasteiger partial charge in [0.15, 0.2) is 0 Å². The molecular formula is C35H40ClN3O4S. The summed E-state index contributed by atoms with van der Waals surface area (Å²) in [5.41, 5.74) is 2.76. The van der Waals surface area contributed by atoms with Crippen molar-refractivity contribution in [3.63, 3.8) is 0 Å². The van der Waals surface area contributed by atoms with Crippen molar-refractivity contribution in [2.45, 2.75) is 76.1 Å². The number of fused-ring (bicyclic) bond motifs is 1. The minimum absolute atomic E-state index is 0.00257. The number of likely N-dealkylation sites (tertiary alicyclic amines) is 1. The second-order valence-corrected chi connectivity index (χ2v) is 15.4. The van der Waals surface area contributed by atoms with E-state index < -0.39 is 11.4 Å². The summed E-state index contributed by atoms with van der Waals surface area (Å²) < 4.78 is 8.51. The summed E-state index contributed by atoms with van der Waals surface area (Å²) in [6, 6.07) is 17.4. The number of halogens is 1. The standard InChI is InChI=1S/C35H40ClN3O4S/c1-34(2,3)44-31-28-19-27(43-22-26-7-6-18-38(26)32(40)24-14-16-37-17-15-24)12-13-29(28)39(21-23-8-10-25(36)11-9-23)30(31)20-35(4,5)33(41)42/h8-17,19,26H,6-7,18,20-22H2,1-5H3,(H,41,42). The zero-order chi connectivity index (χ0) is 31.6. The lowest BCUT2D eigenvalue weighted by molar-refractivity contribution is -0.146. The maximum atomic E-state index is 13.2. The Morgan fingerprint density at radius 1 is 1.05 bits per heavy atom. The van der Waals surface area contributed by atoms with E-state index in [9.17, 15) is 14.7 Å². The minimum atomic E-state index is -0.966. The molecule has 1 atom stereocenters. The van der Waals surface area contributed by atoms with Crippen LogP contribution in [0.3, 0.4) is 0 Å². The number of hydrogen-bond acceptors (Lipinski definition) is 5. The molecule has 7 nitrogen and oxygen atoms in total. The molecule has 1 saturated heterocycles. The third kappa shape index (κ3) is 7.24. The zero-order valence-corrected chi connectivity index (χ0v) is 27.5. The van der Waals surface area contributed by atoms with Crippen molar-refractivity contribution in [1.29, 1.82) is 0 Å². The molecule has 3 heterocycles. The SMILES string of the molecule is CC(C)(C)Sc1c(CC(C)(C)C(=O)O)n(Cc2ccc(Cl)cc2)c2ccc(OCC3CCCN3C(=O)c3ccncc3)cc12. The van der Waals surface area contributed by atoms with Crippen LogP contribution in [0.15, 0.2) is 71.9 Å². The van der Waals surface area contributed by atoms with Gasteiger partial charge in [-0.15, -0.1) is 11.8 Å². The average molecular weight is 634 g/mol. The molecule has 0 aliphatic carbocycles. The van der Waals surface area contributed by atoms with Gasteiger partial charge in [0.05, 0.1) is 11.5 Å². The largest absolute Gasteiger partial charge is 0.491 e. The van der Waals surface area contributed by atoms with Gasteiger partial charge in [-0.05, 0) is 74.7 Å². The van der Waals surface area contributed by atoms with Gasteiger partial charge in [0, 0.05) is 68.7 Å². The van der Waals surface area contributed by atoms with Crippen LogP contribution in [0.5, 0.6) is 5.75 Å². The Hall–Kier alpha value is -3.49. The van der Waals surface area contributed by atoms with Crippen molar-refractivity contribution >= 4 is 46.1 Å². The Balaban J connectivity index is 1.51. The predicted octanol–water partition coefficient (Wildman–Crippen LogP) is 7.97. The van der Waals surface area contributed by atoms with Gasteiger partial charge in [-0.3, -0.25) is 14.6 Å². The quantitative estimate of drug-likeness (QED) is 0.178. The molecule has 2 aromatic carbocycles. The number of thioether (sulfide) groups is 1. The molecule has 1 fully saturated rings. The molecule has 1 aliphatic heterocycles. The number of carboxylic acids is 1. The van der Waals surface area contributed by atoms with Crippen LogP contribution in [0, 0.1) is 5.41 Å². The molecule has 2 aromatic heterocycles. The molecular weight excluding hydrogens is 594 g/mol. The van der Waals surface area contributed by atoms with Crippen LogP contribution in [0.4, 0.5) is 0 Å². The number of rotatable bonds is 10. The topological polar surface area (TPSA) is 84.7 Å². The third-order valence-corrected chi connectivity index (χ3v) is 9.47. The van der Waals surface area contributed by atoms with Crippen molar-refractivity contribution in [1.82, 2.24) is 14.5 Å². The summed E-state index contributed by atoms with van der Waals surface area (Å²) in [6.07, 6.45) is 5.47. The van der Waals surface area contributed by atoms with Crippen molar-refractivity contribution in [3.05, 3.63) is 88.8 Å². The average Bonchev–Trinajstić information content (AvgIpc) is 3.55. The number of carbonyl (C=O) groups is 2. The van der Waals surface area contributed by atoms with Gasteiger partial charge in [0.2, 0.25) is 0 Å². The predicted molar refractivity (Wildman–Crippen MR) is 177 cm³/mol. The highest BCUT2D eigenvalue weighted by atomic mass is 35.5. The van der Waals surface area contributed by atoms with E-state index >= 15 is 0 Å². The molecule has 0 radical (unpaired) electrons. The number of amides is 1. The third-order valence-electron chi connectivity index (χ3n) is 7.95. The highest BCUT2D eigenvalue weighted by Gasteiger charge is 2.33. The van der Waals surface area contributed by atoms with Crippen LogP contribution < -0.4 is 4.74 Å². The van der Waals surface area contributed by atoms with Gasteiger partial charge in [0.25, 0.3) is 5.91 Å². The van der Waals surface area contributed by atoms with E-state index in [1.165, 1.54) is 0 Å². The maximum Gasteiger partial charge on any atom is 0.309 e. The van der Waals surface area contributed by atoms with E-state index in [4.69, 9.17) is 16.3 Å². The van der Waals surface area contributed by atoms with E-state index in [1.54, 1.807) is 50.1 Å². The van der Waals surface area contributed by atoms with E-state index in [2.05, 4.69) is 42.5 Å². The molecule has 1 N–H and O–H groups in total. The minimum Gasteiger partial charge on any atom is -0.491 e. The fraction of sp³-hybridized carbons (Fsp3) is 0.400. The lowest BCUT2D eigenvalue weighted by Gasteiger charge is -2.25. The van der Waals surface area contributed by atoms with Gasteiger partial charge >= 0.3 is 5.97 Å². The van der Waals surface area contributed by atoms with Crippen LogP contribution in [0.25, 0.3) is 10.9 Å². The summed E-state index contributed by atoms with van der Waals surface area (Å²) >= 11 is 7.93. The van der Waals surface area contributed by atoms with E-state index in [0.29, 0.717) is 36.7 Å². The number of benzene rings is 2. The first-order valence-corrected chi connectivity index (χ1v) is 16.2. The highest BCUT2D eigenvalue weighted by Crippen LogP contribution is 2.44. The molecule has 9 heteroatoms. The molecule has 0 saturated carbocycles. The summed E-state index contributed by atoms with van der Waals surface area (Å²) in [6.45, 7) is 11.7. The van der Waals surface area contributed by atoms with Gasteiger partial charge in [0.1, 0.15) is 12.4 Å². The molecule has 0 bridgehead atoms. The number of ether oxygens (including phenoxy) is 1. The Morgan fingerprint density at radius 2 is 1.75 bits per heavy atom. The number of carboxylic acid groups (broad SMARTS) is 1. The Labute approximate surface area is 268 Å². The second kappa shape index (κ2) is 12.9. The summed E-state index contributed by atoms with van der Waals surface area (Å²) in [4.78, 5) is 32.5. The summed E-state index contributed by atoms with van der Waals surface area (Å²) in [7, 11) is 0. The summed E-state index contributed by atoms with van der Waals surface area (Å²) in [5, 5.41) is 11.8. The molecule has 0 spiro atoms. The first-order valence-electron chi connectivity index (χ1n) is 15.0. The lowest BCUT2D eigenvalue weighted by atomic mass is 9.88. The van der Waals surface area contributed by atoms with Crippen molar-refractivity contribution in [2.75, 3.05) is 13.2 Å². The van der Waals surface area contributed by atoms with Crippen LogP contribution in [-0.4, -0.2) is 55.4 Å². The fourth-order valence-corrected chi connectivity index (χ4v) is 6.93. The molecule has 44 heavy (non-hydrogen) atoms. The monoisotopic (exact) mass is 633 g/mol. The van der Waals surface area contributed by atoms with Crippen LogP contribution in [0.1, 0.15) is 69.1 Å². The van der Waals surface area contributed by atoms with Crippen molar-refractivity contribution in [2.24, 2.45) is 5.41 Å². The van der Waals surface area contributed by atoms with Crippen LogP contribution in [0.2, 0.25) is 5.02 Å². The normalized spacial score (nSPS) is 15.6. The molecule has 4 aromatic rings. The van der Waals surface area contributed by atoms with E-state index in [1.807, 2.05) is 35.2 Å². The number of carbonyl (C=O) groups excluding carboxylic acids is 1. The number of nitrogens with zero attached hydrogens (tertiary/aromatic N) is 3. The smallest absolute Gasteiger partial charge is 0.309 e.